The van der Waals surface area contributed by atoms with E-state index < -0.39 is 0 Å². The normalized spacial score (nSPS) is 11.1. The van der Waals surface area contributed by atoms with Crippen molar-refractivity contribution in [1.29, 1.82) is 0 Å². The van der Waals surface area contributed by atoms with Crippen LogP contribution >= 0.6 is 0 Å². The molecular weight excluding hydrogens is 332 g/mol. The largest absolute Gasteiger partial charge is 0.484 e. The number of nitrogens with zero attached hydrogens (tertiary/aromatic N) is 2. The lowest BCUT2D eigenvalue weighted by molar-refractivity contribution is -0.122. The maximum absolute atomic E-state index is 12.5. The van der Waals surface area contributed by atoms with E-state index >= 15 is 0 Å². The van der Waals surface area contributed by atoms with Crippen molar-refractivity contribution >= 4 is 17.5 Å². The molecule has 0 aliphatic heterocycles. The number of nitrogens with one attached hydrogen (secondary N) is 2. The van der Waals surface area contributed by atoms with Crippen molar-refractivity contribution in [3.8, 4) is 5.75 Å². The molecule has 1 aromatic heterocycles. The van der Waals surface area contributed by atoms with Crippen molar-refractivity contribution in [1.82, 2.24) is 15.1 Å². The minimum atomic E-state index is -0.214. The van der Waals surface area contributed by atoms with Crippen LogP contribution in [0.3, 0.4) is 0 Å². The van der Waals surface area contributed by atoms with Crippen molar-refractivity contribution < 1.29 is 14.3 Å². The Hall–Kier alpha value is -2.83. The zero-order valence-corrected chi connectivity index (χ0v) is 15.9. The predicted molar refractivity (Wildman–Crippen MR) is 101 cm³/mol. The average Bonchev–Trinajstić information content (AvgIpc) is 2.96. The second-order valence-electron chi connectivity index (χ2n) is 6.95. The molecule has 0 fully saturated rings. The molecule has 0 unspecified atom stereocenters. The molecule has 2 N–H and O–H groups in total. The van der Waals surface area contributed by atoms with E-state index in [1.807, 2.05) is 39.3 Å². The summed E-state index contributed by atoms with van der Waals surface area (Å²) in [5, 5.41) is 9.83. The van der Waals surface area contributed by atoms with E-state index in [-0.39, 0.29) is 24.0 Å². The van der Waals surface area contributed by atoms with Gasteiger partial charge in [0.25, 0.3) is 11.8 Å². The molecule has 2 amide bonds. The number of rotatable bonds is 6. The molecule has 1 heterocycles. The van der Waals surface area contributed by atoms with Crippen LogP contribution in [0.5, 0.6) is 5.75 Å². The minimum Gasteiger partial charge on any atom is -0.484 e. The van der Waals surface area contributed by atoms with Crippen LogP contribution in [-0.4, -0.2) is 34.7 Å². The molecule has 140 valence electrons. The highest BCUT2D eigenvalue weighted by Crippen LogP contribution is 2.20. The summed E-state index contributed by atoms with van der Waals surface area (Å²) < 4.78 is 7.22. The van der Waals surface area contributed by atoms with E-state index in [2.05, 4.69) is 15.7 Å². The average molecular weight is 358 g/mol. The van der Waals surface area contributed by atoms with Gasteiger partial charge in [-0.05, 0) is 58.9 Å². The first-order valence-corrected chi connectivity index (χ1v) is 8.58. The standard InChI is InChI=1S/C19H26N4O3/c1-6-20-17(24)12-26-15-9-7-14(8-10-15)22-18(25)16-11-21-23(13(16)2)19(3,4)5/h7-11H,6,12H2,1-5H3,(H,20,24)(H,22,25). The van der Waals surface area contributed by atoms with E-state index in [0.29, 0.717) is 23.5 Å². The maximum Gasteiger partial charge on any atom is 0.259 e. The summed E-state index contributed by atoms with van der Waals surface area (Å²) in [6, 6.07) is 6.88. The maximum atomic E-state index is 12.5. The van der Waals surface area contributed by atoms with Crippen LogP contribution in [-0.2, 0) is 10.3 Å². The van der Waals surface area contributed by atoms with E-state index in [0.717, 1.165) is 5.69 Å². The molecule has 7 heteroatoms. The van der Waals surface area contributed by atoms with Crippen LogP contribution in [0.2, 0.25) is 0 Å². The molecule has 0 saturated heterocycles. The number of carbonyl (C=O) groups is 2. The van der Waals surface area contributed by atoms with Gasteiger partial charge in [0.2, 0.25) is 0 Å². The van der Waals surface area contributed by atoms with Crippen LogP contribution in [0.4, 0.5) is 5.69 Å². The SMILES string of the molecule is CCNC(=O)COc1ccc(NC(=O)c2cnn(C(C)(C)C)c2C)cc1. The third kappa shape index (κ3) is 4.84. The van der Waals surface area contributed by atoms with Gasteiger partial charge in [-0.15, -0.1) is 0 Å². The van der Waals surface area contributed by atoms with Crippen molar-refractivity contribution in [2.45, 2.75) is 40.2 Å². The zero-order chi connectivity index (χ0) is 19.3. The fourth-order valence-corrected chi connectivity index (χ4v) is 2.54. The van der Waals surface area contributed by atoms with Crippen LogP contribution in [0.1, 0.15) is 43.7 Å². The lowest BCUT2D eigenvalue weighted by Crippen LogP contribution is -2.28. The molecule has 0 aliphatic rings. The topological polar surface area (TPSA) is 85.2 Å². The van der Waals surface area contributed by atoms with Crippen molar-refractivity contribution in [3.05, 3.63) is 41.7 Å². The second-order valence-corrected chi connectivity index (χ2v) is 6.95. The van der Waals surface area contributed by atoms with E-state index in [1.54, 1.807) is 30.5 Å². The third-order valence-corrected chi connectivity index (χ3v) is 3.75. The van der Waals surface area contributed by atoms with Gasteiger partial charge in [0, 0.05) is 17.9 Å². The smallest absolute Gasteiger partial charge is 0.259 e. The zero-order valence-electron chi connectivity index (χ0n) is 15.9. The van der Waals surface area contributed by atoms with Gasteiger partial charge in [-0.3, -0.25) is 14.3 Å². The van der Waals surface area contributed by atoms with Crippen LogP contribution in [0.25, 0.3) is 0 Å². The summed E-state index contributed by atoms with van der Waals surface area (Å²) in [6.45, 7) is 10.4. The number of aromatic nitrogens is 2. The van der Waals surface area contributed by atoms with Crippen molar-refractivity contribution in [3.63, 3.8) is 0 Å². The molecule has 0 bridgehead atoms. The molecule has 26 heavy (non-hydrogen) atoms. The Bertz CT molecular complexity index is 773. The molecule has 0 aliphatic carbocycles. The molecule has 0 saturated carbocycles. The first-order valence-electron chi connectivity index (χ1n) is 8.58. The number of hydrogen-bond donors (Lipinski definition) is 2. The fraction of sp³-hybridized carbons (Fsp3) is 0.421. The van der Waals surface area contributed by atoms with E-state index in [1.165, 1.54) is 0 Å². The predicted octanol–water partition coefficient (Wildman–Crippen LogP) is 2.71. The van der Waals surface area contributed by atoms with Gasteiger partial charge in [0.1, 0.15) is 5.75 Å². The summed E-state index contributed by atoms with van der Waals surface area (Å²) in [6.07, 6.45) is 1.58. The monoisotopic (exact) mass is 358 g/mol. The first-order chi connectivity index (χ1) is 12.2. The molecule has 0 radical (unpaired) electrons. The molecule has 2 rings (SSSR count). The Morgan fingerprint density at radius 2 is 1.85 bits per heavy atom. The van der Waals surface area contributed by atoms with E-state index in [4.69, 9.17) is 4.74 Å². The van der Waals surface area contributed by atoms with E-state index in [9.17, 15) is 9.59 Å². The number of hydrogen-bond acceptors (Lipinski definition) is 4. The fourth-order valence-electron chi connectivity index (χ4n) is 2.54. The van der Waals surface area contributed by atoms with Crippen LogP contribution in [0, 0.1) is 6.92 Å². The number of carbonyl (C=O) groups excluding carboxylic acids is 2. The van der Waals surface area contributed by atoms with Crippen molar-refractivity contribution in [2.75, 3.05) is 18.5 Å². The molecule has 0 spiro atoms. The molecule has 1 aromatic carbocycles. The third-order valence-electron chi connectivity index (χ3n) is 3.75. The summed E-state index contributed by atoms with van der Waals surface area (Å²) in [4.78, 5) is 23.9. The Kier molecular flexibility index (Phi) is 6.02. The van der Waals surface area contributed by atoms with Crippen LogP contribution < -0.4 is 15.4 Å². The second kappa shape index (κ2) is 8.03. The van der Waals surface area contributed by atoms with Gasteiger partial charge in [-0.2, -0.15) is 5.10 Å². The minimum absolute atomic E-state index is 0.0370. The Morgan fingerprint density at radius 1 is 1.19 bits per heavy atom. The molecule has 7 nitrogen and oxygen atoms in total. The van der Waals surface area contributed by atoms with Gasteiger partial charge in [0.05, 0.1) is 17.3 Å². The Balaban J connectivity index is 2.00. The van der Waals surface area contributed by atoms with Gasteiger partial charge in [-0.1, -0.05) is 0 Å². The summed E-state index contributed by atoms with van der Waals surface area (Å²) in [5.74, 6) is 0.177. The van der Waals surface area contributed by atoms with Crippen LogP contribution in [0.15, 0.2) is 30.5 Å². The highest BCUT2D eigenvalue weighted by atomic mass is 16.5. The van der Waals surface area contributed by atoms with Gasteiger partial charge < -0.3 is 15.4 Å². The quantitative estimate of drug-likeness (QED) is 0.831. The highest BCUT2D eigenvalue weighted by molar-refractivity contribution is 6.04. The highest BCUT2D eigenvalue weighted by Gasteiger charge is 2.21. The Morgan fingerprint density at radius 3 is 2.38 bits per heavy atom. The molecule has 2 aromatic rings. The number of ether oxygens (including phenoxy) is 1. The number of likely N-dealkylation sites (N-methyl/N-ethyl adjacent to an activating group) is 1. The summed E-state index contributed by atoms with van der Waals surface area (Å²) in [5.41, 5.74) is 1.81. The number of benzene rings is 1. The first kappa shape index (κ1) is 19.5. The lowest BCUT2D eigenvalue weighted by atomic mass is 10.1. The number of amides is 2. The lowest BCUT2D eigenvalue weighted by Gasteiger charge is -2.21. The van der Waals surface area contributed by atoms with Crippen molar-refractivity contribution in [2.24, 2.45) is 0 Å². The molecular formula is C19H26N4O3. The number of anilines is 1. The van der Waals surface area contributed by atoms with Gasteiger partial charge >= 0.3 is 0 Å². The Labute approximate surface area is 153 Å². The molecule has 0 atom stereocenters. The van der Waals surface area contributed by atoms with Gasteiger partial charge in [0.15, 0.2) is 6.61 Å². The summed E-state index contributed by atoms with van der Waals surface area (Å²) in [7, 11) is 0. The van der Waals surface area contributed by atoms with Gasteiger partial charge in [-0.25, -0.2) is 0 Å². The summed E-state index contributed by atoms with van der Waals surface area (Å²) >= 11 is 0.